The number of hydrogen-bond acceptors (Lipinski definition) is 3. The van der Waals surface area contributed by atoms with Crippen LogP contribution in [0.4, 0.5) is 25.2 Å². The Hall–Kier alpha value is -5.06. The third-order valence-electron chi connectivity index (χ3n) is 10.2. The largest absolute Gasteiger partial charge is 1.00 e. The molecule has 0 spiro atoms. The Morgan fingerprint density at radius 1 is 0.484 bits per heavy atom. The number of hydrogen-bond donors (Lipinski definition) is 1. The second-order valence-corrected chi connectivity index (χ2v) is 21.9. The molecule has 0 unspecified atom stereocenters. The molecule has 0 saturated carbocycles. The summed E-state index contributed by atoms with van der Waals surface area (Å²) < 4.78 is 66.5. The van der Waals surface area contributed by atoms with E-state index in [4.69, 9.17) is 4.74 Å². The molecular weight excluding hydrogens is 905 g/mol. The molecule has 1 N–H and O–H groups in total. The summed E-state index contributed by atoms with van der Waals surface area (Å²) in [6.07, 6.45) is 0. The Morgan fingerprint density at radius 2 is 0.839 bits per heavy atom. The molecular formula is C49H43CuF6NO2P3+2. The molecule has 13 heteroatoms. The first-order chi connectivity index (χ1) is 28.8. The smallest absolute Gasteiger partial charge is 1.00 e. The van der Waals surface area contributed by atoms with Crippen LogP contribution in [0.2, 0.25) is 0 Å². The van der Waals surface area contributed by atoms with Crippen molar-refractivity contribution in [2.75, 3.05) is 0 Å². The van der Waals surface area contributed by atoms with Crippen LogP contribution in [0.1, 0.15) is 30.7 Å². The molecule has 0 aliphatic carbocycles. The molecule has 9 rings (SSSR count). The van der Waals surface area contributed by atoms with Gasteiger partial charge in [-0.05, 0) is 79.7 Å². The molecule has 0 fully saturated rings. The quantitative estimate of drug-likeness (QED) is 0.103. The number of rotatable bonds is 6. The van der Waals surface area contributed by atoms with Gasteiger partial charge in [-0.2, -0.15) is 0 Å². The number of ether oxygens (including phenoxy) is 1. The van der Waals surface area contributed by atoms with Crippen LogP contribution in [-0.4, -0.2) is 10.1 Å². The first kappa shape index (κ1) is 46.4. The van der Waals surface area contributed by atoms with Gasteiger partial charge in [0.05, 0.1) is 0 Å². The average Bonchev–Trinajstić information content (AvgIpc) is 3.23. The van der Waals surface area contributed by atoms with Gasteiger partial charge in [0.1, 0.15) is 58.9 Å². The Kier molecular flexibility index (Phi) is 13.5. The Bertz CT molecular complexity index is 2560. The van der Waals surface area contributed by atoms with Crippen LogP contribution in [0.15, 0.2) is 188 Å². The summed E-state index contributed by atoms with van der Waals surface area (Å²) in [6, 6.07) is 66.8. The van der Waals surface area contributed by atoms with E-state index >= 15 is 0 Å². The third kappa shape index (κ3) is 11.5. The van der Waals surface area contributed by atoms with Crippen LogP contribution in [0.5, 0.6) is 17.2 Å². The summed E-state index contributed by atoms with van der Waals surface area (Å²) in [5.41, 5.74) is 3.90. The number of phenolic OH excluding ortho intramolecular Hbond substituents is 1. The van der Waals surface area contributed by atoms with Crippen LogP contribution in [0.25, 0.3) is 10.9 Å². The first-order valence-electron chi connectivity index (χ1n) is 19.4. The fourth-order valence-corrected chi connectivity index (χ4v) is 12.9. The maximum atomic E-state index is 9.87. The molecule has 1 aromatic heterocycles. The van der Waals surface area contributed by atoms with Gasteiger partial charge in [-0.1, -0.05) is 129 Å². The maximum Gasteiger partial charge on any atom is 1.00 e. The van der Waals surface area contributed by atoms with Gasteiger partial charge in [0.2, 0.25) is 0 Å². The van der Waals surface area contributed by atoms with Gasteiger partial charge < -0.3 is 9.84 Å². The van der Waals surface area contributed by atoms with Crippen molar-refractivity contribution in [2.45, 2.75) is 26.2 Å². The second kappa shape index (κ2) is 18.0. The topological polar surface area (TPSA) is 42.4 Å². The zero-order chi connectivity index (χ0) is 43.5. The molecule has 0 saturated heterocycles. The molecule has 0 bridgehead atoms. The Balaban J connectivity index is 0.000000265. The Morgan fingerprint density at radius 3 is 1.21 bits per heavy atom. The van der Waals surface area contributed by atoms with E-state index in [1.807, 2.05) is 31.2 Å². The van der Waals surface area contributed by atoms with E-state index in [2.05, 4.69) is 177 Å². The average molecular weight is 948 g/mol. The summed E-state index contributed by atoms with van der Waals surface area (Å²) >= 11 is 0. The number of nitrogens with zero attached hydrogens (tertiary/aromatic N) is 1. The molecule has 7 aromatic carbocycles. The minimum Gasteiger partial charge on any atom is 1.00 e. The molecule has 0 radical (unpaired) electrons. The van der Waals surface area contributed by atoms with Crippen molar-refractivity contribution in [3.05, 3.63) is 205 Å². The molecule has 0 atom stereocenters. The van der Waals surface area contributed by atoms with E-state index in [0.29, 0.717) is 5.52 Å². The van der Waals surface area contributed by atoms with E-state index in [9.17, 15) is 30.3 Å². The standard InChI is InChI=1S/C39H32OP2.C10H9NO.Cu.F6P/c1-39(2)33-25-15-27-35(41(29-17-7-3-8-18-29)30-19-9-4-10-20-30)37(33)40-38-34(39)26-16-28-36(38)42(31-21-11-5-12-22-31)32-23-13-6-14-24-32;1-7-5-6-8-3-2-4-9(12)10(8)11-7;;1-7(2,3,4,5)6/h3-28H,1-2H3;2-6,12H,1H3;;/q;;+1;-1/p+2. The molecule has 3 nitrogen and oxygen atoms in total. The first-order valence-corrected chi connectivity index (χ1v) is 24.4. The summed E-state index contributed by atoms with van der Waals surface area (Å²) in [5.74, 6) is 2.31. The molecule has 1 aliphatic heterocycles. The predicted octanol–water partition coefficient (Wildman–Crippen LogP) is 12.7. The summed E-state index contributed by atoms with van der Waals surface area (Å²) in [7, 11) is -13.3. The van der Waals surface area contributed by atoms with Gasteiger partial charge in [0.25, 0.3) is 0 Å². The van der Waals surface area contributed by atoms with Crippen molar-refractivity contribution in [1.82, 2.24) is 4.98 Å². The van der Waals surface area contributed by atoms with Gasteiger partial charge in [0, 0.05) is 27.6 Å². The SMILES string of the molecule is CC1(C)c2cccc([PH+](c3ccccc3)c3ccccc3)c2Oc2c([PH+](c3ccccc3)c3ccccc3)cccc21.Cc1ccc2cccc(O)c2n1.F[P-](F)(F)(F)(F)F.[Cu+]. The van der Waals surface area contributed by atoms with Gasteiger partial charge >= 0.3 is 50.1 Å². The molecule has 1 aliphatic rings. The van der Waals surface area contributed by atoms with E-state index in [-0.39, 0.29) is 28.2 Å². The summed E-state index contributed by atoms with van der Waals surface area (Å²) in [5, 5.41) is 18.5. The summed E-state index contributed by atoms with van der Waals surface area (Å²) in [6.45, 7) is 6.62. The van der Waals surface area contributed by atoms with Crippen molar-refractivity contribution in [3.63, 3.8) is 0 Å². The Labute approximate surface area is 370 Å². The zero-order valence-corrected chi connectivity index (χ0v) is 37.6. The van der Waals surface area contributed by atoms with Gasteiger partial charge in [-0.25, -0.2) is 4.98 Å². The van der Waals surface area contributed by atoms with Crippen molar-refractivity contribution < 1.29 is 52.1 Å². The van der Waals surface area contributed by atoms with E-state index in [0.717, 1.165) is 22.6 Å². The van der Waals surface area contributed by atoms with Crippen LogP contribution >= 0.6 is 23.7 Å². The molecule has 2 heterocycles. The number of halogens is 6. The fourth-order valence-electron chi connectivity index (χ4n) is 7.52. The molecule has 8 aromatic rings. The third-order valence-corrected chi connectivity index (χ3v) is 15.7. The van der Waals surface area contributed by atoms with Crippen molar-refractivity contribution in [1.29, 1.82) is 0 Å². The molecule has 0 amide bonds. The molecule has 322 valence electrons. The van der Waals surface area contributed by atoms with Crippen molar-refractivity contribution in [3.8, 4) is 17.2 Å². The number of aryl methyl sites for hydroxylation is 1. The van der Waals surface area contributed by atoms with Crippen molar-refractivity contribution >= 4 is 66.4 Å². The number of fused-ring (bicyclic) bond motifs is 3. The number of pyridine rings is 1. The van der Waals surface area contributed by atoms with Crippen LogP contribution in [0, 0.1) is 6.92 Å². The minimum absolute atomic E-state index is 0. The van der Waals surface area contributed by atoms with E-state index in [1.54, 1.807) is 6.07 Å². The zero-order valence-electron chi connectivity index (χ0n) is 33.7. The van der Waals surface area contributed by atoms with Crippen molar-refractivity contribution in [2.24, 2.45) is 0 Å². The van der Waals surface area contributed by atoms with E-state index in [1.165, 1.54) is 43.0 Å². The minimum atomic E-state index is -10.7. The number of benzene rings is 7. The molecule has 62 heavy (non-hydrogen) atoms. The van der Waals surface area contributed by atoms with Crippen LogP contribution < -0.4 is 36.6 Å². The number of phenols is 1. The number of para-hydroxylation sites is 3. The van der Waals surface area contributed by atoms with E-state index < -0.39 is 23.7 Å². The van der Waals surface area contributed by atoms with Gasteiger partial charge in [0.15, 0.2) is 11.5 Å². The monoisotopic (exact) mass is 947 g/mol. The number of aromatic hydroxyl groups is 1. The normalized spacial score (nSPS) is 13.7. The predicted molar refractivity (Wildman–Crippen MR) is 247 cm³/mol. The van der Waals surface area contributed by atoms with Crippen LogP contribution in [-0.2, 0) is 22.5 Å². The second-order valence-electron chi connectivity index (χ2n) is 15.1. The maximum absolute atomic E-state index is 10.7. The van der Waals surface area contributed by atoms with Crippen LogP contribution in [0.3, 0.4) is 0 Å². The van der Waals surface area contributed by atoms with Gasteiger partial charge in [-0.3, -0.25) is 0 Å². The van der Waals surface area contributed by atoms with Gasteiger partial charge in [-0.15, -0.1) is 0 Å². The fraction of sp³-hybridized carbons (Fsp3) is 0.0816. The number of aromatic nitrogens is 1. The summed E-state index contributed by atoms with van der Waals surface area (Å²) in [4.78, 5) is 4.23.